The summed E-state index contributed by atoms with van der Waals surface area (Å²) >= 11 is 1.75. The molecule has 3 nitrogen and oxygen atoms in total. The number of nitrogens with one attached hydrogen (secondary N) is 1. The van der Waals surface area contributed by atoms with Crippen LogP contribution in [0.25, 0.3) is 0 Å². The largest absolute Gasteiger partial charge is 0.361 e. The number of anilines is 1. The van der Waals surface area contributed by atoms with E-state index in [1.54, 1.807) is 11.3 Å². The van der Waals surface area contributed by atoms with Crippen molar-refractivity contribution in [2.75, 3.05) is 18.0 Å². The van der Waals surface area contributed by atoms with Gasteiger partial charge in [0.1, 0.15) is 0 Å². The van der Waals surface area contributed by atoms with Gasteiger partial charge in [-0.05, 0) is 48.6 Å². The van der Waals surface area contributed by atoms with E-state index in [0.717, 1.165) is 24.1 Å². The molecular weight excluding hydrogens is 340 g/mol. The average Bonchev–Trinajstić information content (AvgIpc) is 3.32. The van der Waals surface area contributed by atoms with E-state index in [4.69, 9.17) is 0 Å². The number of fused-ring (bicyclic) bond motifs is 1. The van der Waals surface area contributed by atoms with Gasteiger partial charge in [-0.1, -0.05) is 42.0 Å². The Morgan fingerprint density at radius 1 is 1.15 bits per heavy atom. The van der Waals surface area contributed by atoms with Crippen LogP contribution in [0, 0.1) is 6.92 Å². The first-order chi connectivity index (χ1) is 12.7. The maximum Gasteiger partial charge on any atom is 0.251 e. The molecule has 1 aliphatic heterocycles. The van der Waals surface area contributed by atoms with Gasteiger partial charge in [-0.2, -0.15) is 0 Å². The Balaban J connectivity index is 1.55. The lowest BCUT2D eigenvalue weighted by atomic mass is 10.1. The lowest BCUT2D eigenvalue weighted by Gasteiger charge is -2.30. The Kier molecular flexibility index (Phi) is 4.76. The van der Waals surface area contributed by atoms with Crippen molar-refractivity contribution >= 4 is 22.9 Å². The van der Waals surface area contributed by atoms with Crippen LogP contribution in [-0.2, 0) is 6.42 Å². The molecule has 2 aromatic carbocycles. The second-order valence-electron chi connectivity index (χ2n) is 6.68. The minimum atomic E-state index is -0.0114. The molecule has 1 aromatic heterocycles. The standard InChI is InChI=1S/C22H22N2OS/c1-16-6-4-8-18(14-16)22(25)23-15-20(21-10-5-13-26-21)24-12-11-17-7-2-3-9-19(17)24/h2-10,13-14,20H,11-12,15H2,1H3,(H,23,25)/t20-/m1/s1. The molecule has 3 aromatic rings. The summed E-state index contributed by atoms with van der Waals surface area (Å²) in [7, 11) is 0. The molecular formula is C22H22N2OS. The fourth-order valence-electron chi connectivity index (χ4n) is 3.61. The average molecular weight is 362 g/mol. The third-order valence-electron chi connectivity index (χ3n) is 4.91. The second kappa shape index (κ2) is 7.34. The van der Waals surface area contributed by atoms with Gasteiger partial charge in [-0.25, -0.2) is 0 Å². The Hall–Kier alpha value is -2.59. The minimum Gasteiger partial charge on any atom is -0.361 e. The molecule has 0 bridgehead atoms. The molecule has 0 saturated carbocycles. The van der Waals surface area contributed by atoms with E-state index in [1.807, 2.05) is 31.2 Å². The molecule has 1 aliphatic rings. The van der Waals surface area contributed by atoms with Gasteiger partial charge >= 0.3 is 0 Å². The fraction of sp³-hybridized carbons (Fsp3) is 0.227. The van der Waals surface area contributed by atoms with E-state index < -0.39 is 0 Å². The van der Waals surface area contributed by atoms with Crippen molar-refractivity contribution in [1.29, 1.82) is 0 Å². The van der Waals surface area contributed by atoms with Crippen LogP contribution in [0.4, 0.5) is 5.69 Å². The van der Waals surface area contributed by atoms with Crippen LogP contribution >= 0.6 is 11.3 Å². The van der Waals surface area contributed by atoms with Gasteiger partial charge in [0.05, 0.1) is 6.04 Å². The summed E-state index contributed by atoms with van der Waals surface area (Å²) in [6.45, 7) is 3.59. The first-order valence-electron chi connectivity index (χ1n) is 8.95. The van der Waals surface area contributed by atoms with Gasteiger partial charge in [-0.15, -0.1) is 11.3 Å². The Labute approximate surface area is 158 Å². The number of amides is 1. The van der Waals surface area contributed by atoms with Crippen molar-refractivity contribution < 1.29 is 4.79 Å². The van der Waals surface area contributed by atoms with E-state index in [9.17, 15) is 4.79 Å². The van der Waals surface area contributed by atoms with E-state index in [-0.39, 0.29) is 11.9 Å². The number of hydrogen-bond donors (Lipinski definition) is 1. The predicted octanol–water partition coefficient (Wildman–Crippen LogP) is 4.59. The number of para-hydroxylation sites is 1. The van der Waals surface area contributed by atoms with Crippen molar-refractivity contribution in [2.24, 2.45) is 0 Å². The third-order valence-corrected chi connectivity index (χ3v) is 5.88. The number of nitrogens with zero attached hydrogens (tertiary/aromatic N) is 1. The van der Waals surface area contributed by atoms with Crippen LogP contribution in [0.1, 0.15) is 32.4 Å². The number of rotatable bonds is 5. The van der Waals surface area contributed by atoms with Gasteiger partial charge < -0.3 is 10.2 Å². The van der Waals surface area contributed by atoms with Gasteiger partial charge in [0.25, 0.3) is 5.91 Å². The molecule has 0 aliphatic carbocycles. The summed E-state index contributed by atoms with van der Waals surface area (Å²) in [5.74, 6) is -0.0114. The van der Waals surface area contributed by atoms with Gasteiger partial charge in [0.15, 0.2) is 0 Å². The fourth-order valence-corrected chi connectivity index (χ4v) is 4.45. The molecule has 0 spiro atoms. The zero-order chi connectivity index (χ0) is 17.9. The second-order valence-corrected chi connectivity index (χ2v) is 7.66. The monoisotopic (exact) mass is 362 g/mol. The Morgan fingerprint density at radius 2 is 2.04 bits per heavy atom. The lowest BCUT2D eigenvalue weighted by molar-refractivity contribution is 0.0951. The highest BCUT2D eigenvalue weighted by atomic mass is 32.1. The number of aryl methyl sites for hydroxylation is 1. The lowest BCUT2D eigenvalue weighted by Crippen LogP contribution is -2.37. The molecule has 4 heteroatoms. The van der Waals surface area contributed by atoms with Crippen molar-refractivity contribution in [3.05, 3.63) is 87.6 Å². The van der Waals surface area contributed by atoms with Crippen LogP contribution in [0.15, 0.2) is 66.0 Å². The maximum atomic E-state index is 12.6. The highest BCUT2D eigenvalue weighted by Crippen LogP contribution is 2.36. The first kappa shape index (κ1) is 16.9. The molecule has 0 unspecified atom stereocenters. The minimum absolute atomic E-state index is 0.0114. The molecule has 26 heavy (non-hydrogen) atoms. The zero-order valence-corrected chi connectivity index (χ0v) is 15.6. The molecule has 2 heterocycles. The van der Waals surface area contributed by atoms with Crippen LogP contribution in [0.5, 0.6) is 0 Å². The third kappa shape index (κ3) is 3.37. The molecule has 1 amide bonds. The normalized spacial score (nSPS) is 14.1. The number of hydrogen-bond acceptors (Lipinski definition) is 3. The summed E-state index contributed by atoms with van der Waals surface area (Å²) in [5.41, 5.74) is 4.49. The summed E-state index contributed by atoms with van der Waals surface area (Å²) in [6, 6.07) is 20.7. The molecule has 1 N–H and O–H groups in total. The number of benzene rings is 2. The van der Waals surface area contributed by atoms with Gasteiger partial charge in [0, 0.05) is 29.2 Å². The van der Waals surface area contributed by atoms with Crippen molar-refractivity contribution in [2.45, 2.75) is 19.4 Å². The van der Waals surface area contributed by atoms with E-state index in [2.05, 4.69) is 52.0 Å². The molecule has 0 saturated heterocycles. The van der Waals surface area contributed by atoms with Crippen molar-refractivity contribution in [3.63, 3.8) is 0 Å². The summed E-state index contributed by atoms with van der Waals surface area (Å²) in [6.07, 6.45) is 1.06. The molecule has 132 valence electrons. The van der Waals surface area contributed by atoms with Crippen molar-refractivity contribution in [1.82, 2.24) is 5.32 Å². The first-order valence-corrected chi connectivity index (χ1v) is 9.83. The van der Waals surface area contributed by atoms with Crippen LogP contribution < -0.4 is 10.2 Å². The predicted molar refractivity (Wildman–Crippen MR) is 108 cm³/mol. The smallest absolute Gasteiger partial charge is 0.251 e. The number of thiophene rings is 1. The Morgan fingerprint density at radius 3 is 2.85 bits per heavy atom. The molecule has 0 radical (unpaired) electrons. The Bertz CT molecular complexity index is 904. The highest BCUT2D eigenvalue weighted by molar-refractivity contribution is 7.10. The number of carbonyl (C=O) groups excluding carboxylic acids is 1. The molecule has 0 fully saturated rings. The molecule has 1 atom stereocenters. The summed E-state index contributed by atoms with van der Waals surface area (Å²) in [5, 5.41) is 5.25. The SMILES string of the molecule is Cc1cccc(C(=O)NC[C@H](c2cccs2)N2CCc3ccccc32)c1. The van der Waals surface area contributed by atoms with E-state index >= 15 is 0 Å². The van der Waals surface area contributed by atoms with Crippen LogP contribution in [0.3, 0.4) is 0 Å². The maximum absolute atomic E-state index is 12.6. The van der Waals surface area contributed by atoms with Gasteiger partial charge in [-0.3, -0.25) is 4.79 Å². The highest BCUT2D eigenvalue weighted by Gasteiger charge is 2.28. The van der Waals surface area contributed by atoms with Gasteiger partial charge in [0.2, 0.25) is 0 Å². The molecule has 4 rings (SSSR count). The van der Waals surface area contributed by atoms with Crippen molar-refractivity contribution in [3.8, 4) is 0 Å². The summed E-state index contributed by atoms with van der Waals surface area (Å²) in [4.78, 5) is 16.3. The topological polar surface area (TPSA) is 32.3 Å². The quantitative estimate of drug-likeness (QED) is 0.720. The number of carbonyl (C=O) groups is 1. The van der Waals surface area contributed by atoms with Crippen LogP contribution in [0.2, 0.25) is 0 Å². The van der Waals surface area contributed by atoms with E-state index in [0.29, 0.717) is 6.54 Å². The zero-order valence-electron chi connectivity index (χ0n) is 14.8. The van der Waals surface area contributed by atoms with E-state index in [1.165, 1.54) is 16.1 Å². The van der Waals surface area contributed by atoms with Crippen LogP contribution in [-0.4, -0.2) is 19.0 Å². The summed E-state index contributed by atoms with van der Waals surface area (Å²) < 4.78 is 0.